The summed E-state index contributed by atoms with van der Waals surface area (Å²) in [6.07, 6.45) is 0.732. The van der Waals surface area contributed by atoms with E-state index in [0.29, 0.717) is 23.6 Å². The number of nitrogens with one attached hydrogen (secondary N) is 1. The fourth-order valence-corrected chi connectivity index (χ4v) is 4.42. The van der Waals surface area contributed by atoms with Crippen molar-refractivity contribution >= 4 is 23.2 Å². The van der Waals surface area contributed by atoms with Crippen molar-refractivity contribution in [1.29, 1.82) is 0 Å². The first kappa shape index (κ1) is 22.4. The molecular formula is C27H28N2O4. The van der Waals surface area contributed by atoms with E-state index in [1.807, 2.05) is 79.7 Å². The first-order valence-corrected chi connectivity index (χ1v) is 11.0. The number of piperidine rings is 1. The zero-order valence-electron chi connectivity index (χ0n) is 19.1. The standard InChI is InChI=1S/C27H28N2O4/c1-18-8-4-6-10-23(18)28-27(31)22-16-17-25(30)29(19-12-14-20(32-2)15-13-19)26(22)21-9-5-7-11-24(21)33-3/h4-15,22,26H,16-17H2,1-3H3,(H,28,31)/t22-,26+/m0/s1. The molecule has 6 nitrogen and oxygen atoms in total. The van der Waals surface area contributed by atoms with Gasteiger partial charge in [-0.1, -0.05) is 36.4 Å². The number of hydrogen-bond donors (Lipinski definition) is 1. The summed E-state index contributed by atoms with van der Waals surface area (Å²) in [6, 6.07) is 22.1. The van der Waals surface area contributed by atoms with Gasteiger partial charge >= 0.3 is 0 Å². The lowest BCUT2D eigenvalue weighted by molar-refractivity contribution is -0.126. The van der Waals surface area contributed by atoms with Crippen molar-refractivity contribution < 1.29 is 19.1 Å². The first-order chi connectivity index (χ1) is 16.0. The molecule has 2 atom stereocenters. The molecule has 3 aromatic rings. The minimum absolute atomic E-state index is 0.0315. The molecule has 0 spiro atoms. The average molecular weight is 445 g/mol. The van der Waals surface area contributed by atoms with E-state index in [2.05, 4.69) is 5.32 Å². The SMILES string of the molecule is COc1ccc(N2C(=O)CC[C@H](C(=O)Nc3ccccc3C)[C@H]2c2ccccc2OC)cc1. The molecule has 4 rings (SSSR count). The molecule has 0 aromatic heterocycles. The summed E-state index contributed by atoms with van der Waals surface area (Å²) in [5.41, 5.74) is 3.27. The molecule has 3 aromatic carbocycles. The van der Waals surface area contributed by atoms with E-state index in [0.717, 1.165) is 16.8 Å². The number of benzene rings is 3. The highest BCUT2D eigenvalue weighted by molar-refractivity contribution is 6.00. The van der Waals surface area contributed by atoms with E-state index in [-0.39, 0.29) is 18.2 Å². The highest BCUT2D eigenvalue weighted by Gasteiger charge is 2.42. The van der Waals surface area contributed by atoms with E-state index in [9.17, 15) is 9.59 Å². The van der Waals surface area contributed by atoms with Crippen molar-refractivity contribution in [3.05, 3.63) is 83.9 Å². The van der Waals surface area contributed by atoms with Gasteiger partial charge in [0.2, 0.25) is 11.8 Å². The largest absolute Gasteiger partial charge is 0.497 e. The Bertz CT molecular complexity index is 1140. The van der Waals surface area contributed by atoms with E-state index in [1.54, 1.807) is 19.1 Å². The second-order valence-electron chi connectivity index (χ2n) is 8.10. The lowest BCUT2D eigenvalue weighted by Gasteiger charge is -2.41. The number of rotatable bonds is 6. The summed E-state index contributed by atoms with van der Waals surface area (Å²) in [7, 11) is 3.20. The smallest absolute Gasteiger partial charge is 0.229 e. The Labute approximate surface area is 194 Å². The van der Waals surface area contributed by atoms with Crippen LogP contribution < -0.4 is 19.7 Å². The molecule has 2 amide bonds. The average Bonchev–Trinajstić information content (AvgIpc) is 2.85. The van der Waals surface area contributed by atoms with Gasteiger partial charge in [-0.3, -0.25) is 9.59 Å². The van der Waals surface area contributed by atoms with E-state index in [1.165, 1.54) is 0 Å². The molecule has 0 radical (unpaired) electrons. The highest BCUT2D eigenvalue weighted by atomic mass is 16.5. The van der Waals surface area contributed by atoms with Gasteiger partial charge in [0.15, 0.2) is 0 Å². The van der Waals surface area contributed by atoms with Gasteiger partial charge in [-0.25, -0.2) is 0 Å². The number of para-hydroxylation sites is 2. The lowest BCUT2D eigenvalue weighted by atomic mass is 9.82. The maximum Gasteiger partial charge on any atom is 0.229 e. The van der Waals surface area contributed by atoms with Crippen LogP contribution in [0.25, 0.3) is 0 Å². The number of hydrogen-bond acceptors (Lipinski definition) is 4. The topological polar surface area (TPSA) is 67.9 Å². The van der Waals surface area contributed by atoms with Crippen LogP contribution in [0.1, 0.15) is 30.0 Å². The van der Waals surface area contributed by atoms with Crippen LogP contribution in [-0.2, 0) is 9.59 Å². The molecule has 1 heterocycles. The number of nitrogens with zero attached hydrogens (tertiary/aromatic N) is 1. The van der Waals surface area contributed by atoms with Crippen molar-refractivity contribution in [3.63, 3.8) is 0 Å². The summed E-state index contributed by atoms with van der Waals surface area (Å²) in [6.45, 7) is 1.96. The zero-order valence-corrected chi connectivity index (χ0v) is 19.1. The number of methoxy groups -OCH3 is 2. The summed E-state index contributed by atoms with van der Waals surface area (Å²) < 4.78 is 10.9. The minimum atomic E-state index is -0.514. The molecule has 1 aliphatic rings. The number of ether oxygens (including phenoxy) is 2. The third-order valence-corrected chi connectivity index (χ3v) is 6.15. The summed E-state index contributed by atoms with van der Waals surface area (Å²) in [5.74, 6) is 0.734. The third-order valence-electron chi connectivity index (χ3n) is 6.15. The van der Waals surface area contributed by atoms with Crippen LogP contribution in [0.5, 0.6) is 11.5 Å². The van der Waals surface area contributed by atoms with Crippen molar-refractivity contribution in [2.75, 3.05) is 24.4 Å². The van der Waals surface area contributed by atoms with Gasteiger partial charge in [0, 0.05) is 23.4 Å². The van der Waals surface area contributed by atoms with Crippen LogP contribution in [0.2, 0.25) is 0 Å². The Morgan fingerprint density at radius 3 is 2.33 bits per heavy atom. The molecule has 1 aliphatic heterocycles. The fraction of sp³-hybridized carbons (Fsp3) is 0.259. The highest BCUT2D eigenvalue weighted by Crippen LogP contribution is 2.43. The molecule has 1 fully saturated rings. The van der Waals surface area contributed by atoms with Crippen LogP contribution in [0.4, 0.5) is 11.4 Å². The van der Waals surface area contributed by atoms with Crippen molar-refractivity contribution in [2.45, 2.75) is 25.8 Å². The fourth-order valence-electron chi connectivity index (χ4n) is 4.42. The van der Waals surface area contributed by atoms with Gasteiger partial charge in [-0.2, -0.15) is 0 Å². The molecule has 0 unspecified atom stereocenters. The monoisotopic (exact) mass is 444 g/mol. The minimum Gasteiger partial charge on any atom is -0.497 e. The van der Waals surface area contributed by atoms with Crippen molar-refractivity contribution in [1.82, 2.24) is 0 Å². The molecule has 0 bridgehead atoms. The number of carbonyl (C=O) groups is 2. The molecule has 1 N–H and O–H groups in total. The molecule has 1 saturated heterocycles. The van der Waals surface area contributed by atoms with Gasteiger partial charge in [0.05, 0.1) is 26.2 Å². The summed E-state index contributed by atoms with van der Waals surface area (Å²) in [5, 5.41) is 3.08. The molecule has 6 heteroatoms. The molecular weight excluding hydrogens is 416 g/mol. The van der Waals surface area contributed by atoms with Crippen molar-refractivity contribution in [3.8, 4) is 11.5 Å². The zero-order chi connectivity index (χ0) is 23.4. The van der Waals surface area contributed by atoms with Gasteiger partial charge in [-0.05, 0) is 55.3 Å². The maximum atomic E-state index is 13.6. The predicted octanol–water partition coefficient (Wildman–Crippen LogP) is 5.14. The van der Waals surface area contributed by atoms with Crippen LogP contribution in [-0.4, -0.2) is 26.0 Å². The van der Waals surface area contributed by atoms with E-state index < -0.39 is 12.0 Å². The second kappa shape index (κ2) is 9.77. The normalized spacial score (nSPS) is 18.0. The number of anilines is 2. The third kappa shape index (κ3) is 4.55. The van der Waals surface area contributed by atoms with Crippen LogP contribution in [0, 0.1) is 12.8 Å². The Morgan fingerprint density at radius 2 is 1.64 bits per heavy atom. The Kier molecular flexibility index (Phi) is 6.63. The number of aryl methyl sites for hydroxylation is 1. The maximum absolute atomic E-state index is 13.6. The van der Waals surface area contributed by atoms with Gasteiger partial charge in [0.25, 0.3) is 0 Å². The first-order valence-electron chi connectivity index (χ1n) is 11.0. The van der Waals surface area contributed by atoms with Crippen LogP contribution in [0.3, 0.4) is 0 Å². The number of carbonyl (C=O) groups excluding carboxylic acids is 2. The van der Waals surface area contributed by atoms with E-state index in [4.69, 9.17) is 9.47 Å². The van der Waals surface area contributed by atoms with E-state index >= 15 is 0 Å². The quantitative estimate of drug-likeness (QED) is 0.572. The Hall–Kier alpha value is -3.80. The van der Waals surface area contributed by atoms with Crippen LogP contribution >= 0.6 is 0 Å². The molecule has 170 valence electrons. The van der Waals surface area contributed by atoms with Crippen LogP contribution in [0.15, 0.2) is 72.8 Å². The molecule has 0 aliphatic carbocycles. The lowest BCUT2D eigenvalue weighted by Crippen LogP contribution is -2.47. The Morgan fingerprint density at radius 1 is 0.939 bits per heavy atom. The Balaban J connectivity index is 1.78. The van der Waals surface area contributed by atoms with Gasteiger partial charge in [-0.15, -0.1) is 0 Å². The van der Waals surface area contributed by atoms with Gasteiger partial charge in [0.1, 0.15) is 11.5 Å². The second-order valence-corrected chi connectivity index (χ2v) is 8.10. The summed E-state index contributed by atoms with van der Waals surface area (Å²) in [4.78, 5) is 28.5. The van der Waals surface area contributed by atoms with Gasteiger partial charge < -0.3 is 19.7 Å². The van der Waals surface area contributed by atoms with Crippen molar-refractivity contribution in [2.24, 2.45) is 5.92 Å². The molecule has 0 saturated carbocycles. The molecule has 33 heavy (non-hydrogen) atoms. The number of amides is 2. The summed E-state index contributed by atoms with van der Waals surface area (Å²) >= 11 is 0. The predicted molar refractivity (Wildman–Crippen MR) is 129 cm³/mol.